The molecule has 1 N–H and O–H groups in total. The fourth-order valence-corrected chi connectivity index (χ4v) is 4.84. The number of carbonyl (C=O) groups excluding carboxylic acids is 2. The smallest absolute Gasteiger partial charge is 0.339 e. The van der Waals surface area contributed by atoms with E-state index in [-0.39, 0.29) is 29.9 Å². The first kappa shape index (κ1) is 30.1. The molecule has 224 valence electrons. The molecule has 1 saturated heterocycles. The Labute approximate surface area is 248 Å². The highest BCUT2D eigenvalue weighted by molar-refractivity contribution is 5.90. The Morgan fingerprint density at radius 1 is 0.953 bits per heavy atom. The van der Waals surface area contributed by atoms with E-state index in [9.17, 15) is 18.4 Å². The van der Waals surface area contributed by atoms with Crippen LogP contribution in [0, 0.1) is 18.6 Å². The first-order valence-electron chi connectivity index (χ1n) is 14.2. The molecule has 0 aliphatic carbocycles. The third-order valence-electron chi connectivity index (χ3n) is 7.12. The van der Waals surface area contributed by atoms with E-state index in [4.69, 9.17) is 14.2 Å². The minimum atomic E-state index is -0.595. The van der Waals surface area contributed by atoms with Crippen LogP contribution in [0.2, 0.25) is 0 Å². The van der Waals surface area contributed by atoms with Gasteiger partial charge in [-0.3, -0.25) is 14.7 Å². The van der Waals surface area contributed by atoms with Gasteiger partial charge in [0.25, 0.3) is 0 Å². The van der Waals surface area contributed by atoms with Gasteiger partial charge in [-0.15, -0.1) is 0 Å². The van der Waals surface area contributed by atoms with Crippen LogP contribution in [0.5, 0.6) is 11.5 Å². The maximum Gasteiger partial charge on any atom is 0.339 e. The summed E-state index contributed by atoms with van der Waals surface area (Å²) in [6.45, 7) is 6.25. The van der Waals surface area contributed by atoms with Gasteiger partial charge in [0.05, 0.1) is 36.8 Å². The van der Waals surface area contributed by atoms with Crippen molar-refractivity contribution in [3.8, 4) is 22.9 Å². The van der Waals surface area contributed by atoms with E-state index in [0.717, 1.165) is 44.8 Å². The number of Topliss-reactive ketones (excluding diaryl/α,β-unsaturated/α-hetero) is 1. The van der Waals surface area contributed by atoms with E-state index in [0.29, 0.717) is 34.9 Å². The molecule has 5 rings (SSSR count). The first-order valence-corrected chi connectivity index (χ1v) is 14.2. The van der Waals surface area contributed by atoms with Gasteiger partial charge < -0.3 is 19.2 Å². The second-order valence-corrected chi connectivity index (χ2v) is 10.5. The van der Waals surface area contributed by atoms with Crippen LogP contribution in [-0.2, 0) is 27.1 Å². The molecule has 0 amide bonds. The average Bonchev–Trinajstić information content (AvgIpc) is 3.50. The van der Waals surface area contributed by atoms with E-state index >= 15 is 0 Å². The van der Waals surface area contributed by atoms with Crippen LogP contribution in [0.3, 0.4) is 0 Å². The maximum atomic E-state index is 14.8. The molecule has 0 bridgehead atoms. The SMILES string of the molecule is Cc1ccc(F)c(CC(=O)Cc2ccc(Oc3ccnc(-c4cc(C(=O)OCCCN5CCOCC5)c[nH]4)c3)cc2F)c1. The number of pyridine rings is 1. The number of halogens is 2. The highest BCUT2D eigenvalue weighted by Crippen LogP contribution is 2.27. The molecular weight excluding hydrogens is 556 g/mol. The monoisotopic (exact) mass is 589 g/mol. The van der Waals surface area contributed by atoms with Crippen LogP contribution in [0.1, 0.15) is 33.5 Å². The van der Waals surface area contributed by atoms with Gasteiger partial charge in [0.15, 0.2) is 0 Å². The van der Waals surface area contributed by atoms with Crippen LogP contribution in [0.25, 0.3) is 11.4 Å². The number of esters is 1. The van der Waals surface area contributed by atoms with E-state index in [1.807, 2.05) is 6.92 Å². The molecule has 43 heavy (non-hydrogen) atoms. The van der Waals surface area contributed by atoms with Crippen molar-refractivity contribution in [1.82, 2.24) is 14.9 Å². The number of morpholine rings is 1. The lowest BCUT2D eigenvalue weighted by Crippen LogP contribution is -2.37. The number of ether oxygens (including phenoxy) is 3. The Kier molecular flexibility index (Phi) is 9.91. The zero-order valence-corrected chi connectivity index (χ0v) is 23.9. The van der Waals surface area contributed by atoms with Gasteiger partial charge in [0, 0.05) is 57.0 Å². The topological polar surface area (TPSA) is 93.8 Å². The lowest BCUT2D eigenvalue weighted by Gasteiger charge is -2.26. The zero-order valence-electron chi connectivity index (χ0n) is 23.9. The Hall–Kier alpha value is -4.41. The highest BCUT2D eigenvalue weighted by atomic mass is 19.1. The summed E-state index contributed by atoms with van der Waals surface area (Å²) >= 11 is 0. The van der Waals surface area contributed by atoms with Crippen LogP contribution in [0.4, 0.5) is 8.78 Å². The lowest BCUT2D eigenvalue weighted by molar-refractivity contribution is -0.117. The predicted octanol–water partition coefficient (Wildman–Crippen LogP) is 5.69. The van der Waals surface area contributed by atoms with Crippen LogP contribution < -0.4 is 4.74 Å². The molecule has 1 aliphatic heterocycles. The molecule has 0 radical (unpaired) electrons. The number of rotatable bonds is 12. The summed E-state index contributed by atoms with van der Waals surface area (Å²) in [7, 11) is 0. The summed E-state index contributed by atoms with van der Waals surface area (Å²) < 4.78 is 45.5. The summed E-state index contributed by atoms with van der Waals surface area (Å²) in [4.78, 5) is 34.7. The number of nitrogens with zero attached hydrogens (tertiary/aromatic N) is 2. The molecule has 10 heteroatoms. The average molecular weight is 590 g/mol. The lowest BCUT2D eigenvalue weighted by atomic mass is 10.0. The van der Waals surface area contributed by atoms with Crippen molar-refractivity contribution >= 4 is 11.8 Å². The summed E-state index contributed by atoms with van der Waals surface area (Å²) in [5.74, 6) is -1.12. The van der Waals surface area contributed by atoms with Gasteiger partial charge in [0.1, 0.15) is 28.9 Å². The Morgan fingerprint density at radius 3 is 2.56 bits per heavy atom. The standard InChI is InChI=1S/C33H33F2N3O5/c1-22-3-6-29(34)24(15-22)17-26(39)16-23-4-5-27(19-30(23)35)43-28-7-8-36-32(20-28)31-18-25(21-37-31)33(40)42-12-2-9-38-10-13-41-14-11-38/h3-8,15,18-21,37H,2,9-14,16-17H2,1H3. The number of aromatic nitrogens is 2. The molecule has 4 aromatic rings. The maximum absolute atomic E-state index is 14.8. The van der Waals surface area contributed by atoms with Crippen molar-refractivity contribution in [3.05, 3.63) is 101 Å². The van der Waals surface area contributed by atoms with Gasteiger partial charge >= 0.3 is 5.97 Å². The number of hydrogen-bond acceptors (Lipinski definition) is 7. The van der Waals surface area contributed by atoms with Gasteiger partial charge in [-0.2, -0.15) is 0 Å². The molecule has 0 unspecified atom stereocenters. The van der Waals surface area contributed by atoms with Gasteiger partial charge in [-0.25, -0.2) is 13.6 Å². The minimum Gasteiger partial charge on any atom is -0.462 e. The first-order chi connectivity index (χ1) is 20.8. The Balaban J connectivity index is 1.15. The van der Waals surface area contributed by atoms with Gasteiger partial charge in [-0.05, 0) is 48.7 Å². The number of H-pyrrole nitrogens is 1. The number of aryl methyl sites for hydroxylation is 1. The second-order valence-electron chi connectivity index (χ2n) is 10.5. The van der Waals surface area contributed by atoms with E-state index < -0.39 is 17.6 Å². The fraction of sp³-hybridized carbons (Fsp3) is 0.303. The third kappa shape index (κ3) is 8.33. The number of aromatic amines is 1. The number of nitrogens with one attached hydrogen (secondary N) is 1. The summed E-state index contributed by atoms with van der Waals surface area (Å²) in [6, 6.07) is 13.8. The minimum absolute atomic E-state index is 0.113. The van der Waals surface area contributed by atoms with E-state index in [1.54, 1.807) is 48.8 Å². The Morgan fingerprint density at radius 2 is 1.74 bits per heavy atom. The van der Waals surface area contributed by atoms with Crippen molar-refractivity contribution in [1.29, 1.82) is 0 Å². The van der Waals surface area contributed by atoms with E-state index in [2.05, 4.69) is 14.9 Å². The molecule has 1 fully saturated rings. The van der Waals surface area contributed by atoms with Crippen LogP contribution >= 0.6 is 0 Å². The van der Waals surface area contributed by atoms with Gasteiger partial charge in [-0.1, -0.05) is 23.8 Å². The van der Waals surface area contributed by atoms with Crippen molar-refractivity contribution in [2.45, 2.75) is 26.2 Å². The predicted molar refractivity (Wildman–Crippen MR) is 156 cm³/mol. The molecule has 3 heterocycles. The molecule has 0 saturated carbocycles. The summed E-state index contributed by atoms with van der Waals surface area (Å²) in [6.07, 6.45) is 3.58. The fourth-order valence-electron chi connectivity index (χ4n) is 4.84. The third-order valence-corrected chi connectivity index (χ3v) is 7.12. The summed E-state index contributed by atoms with van der Waals surface area (Å²) in [5, 5.41) is 0. The largest absolute Gasteiger partial charge is 0.462 e. The molecule has 1 aliphatic rings. The van der Waals surface area contributed by atoms with E-state index in [1.165, 1.54) is 18.2 Å². The van der Waals surface area contributed by atoms with Crippen molar-refractivity contribution in [3.63, 3.8) is 0 Å². The Bertz CT molecular complexity index is 1580. The molecule has 8 nitrogen and oxygen atoms in total. The quantitative estimate of drug-likeness (QED) is 0.168. The number of carbonyl (C=O) groups is 2. The summed E-state index contributed by atoms with van der Waals surface area (Å²) in [5.41, 5.74) is 2.84. The molecule has 2 aromatic carbocycles. The number of ketones is 1. The molecular formula is C33H33F2N3O5. The van der Waals surface area contributed by atoms with Crippen molar-refractivity contribution in [2.75, 3.05) is 39.5 Å². The van der Waals surface area contributed by atoms with Crippen molar-refractivity contribution < 1.29 is 32.6 Å². The molecule has 2 aromatic heterocycles. The molecule has 0 atom stereocenters. The number of benzene rings is 2. The van der Waals surface area contributed by atoms with Crippen LogP contribution in [0.15, 0.2) is 67.0 Å². The van der Waals surface area contributed by atoms with Gasteiger partial charge in [0.2, 0.25) is 0 Å². The highest BCUT2D eigenvalue weighted by Gasteiger charge is 2.15. The molecule has 0 spiro atoms. The zero-order chi connectivity index (χ0) is 30.2. The second kappa shape index (κ2) is 14.2. The van der Waals surface area contributed by atoms with Crippen molar-refractivity contribution in [2.24, 2.45) is 0 Å². The normalized spacial score (nSPS) is 13.6. The number of hydrogen-bond donors (Lipinski definition) is 1. The van der Waals surface area contributed by atoms with Crippen LogP contribution in [-0.4, -0.2) is 66.1 Å².